The van der Waals surface area contributed by atoms with E-state index in [2.05, 4.69) is 0 Å². The smallest absolute Gasteiger partial charge is 0.236 e. The monoisotopic (exact) mass is 294 g/mol. The Bertz CT molecular complexity index is 657. The Labute approximate surface area is 118 Å². The molecule has 0 fully saturated rings. The van der Waals surface area contributed by atoms with Gasteiger partial charge in [0.25, 0.3) is 0 Å². The number of hydrogen-bond acceptors (Lipinski definition) is 8. The van der Waals surface area contributed by atoms with E-state index in [-0.39, 0.29) is 29.8 Å². The van der Waals surface area contributed by atoms with Gasteiger partial charge in [0.2, 0.25) is 41.4 Å². The number of Topliss-reactive ketones (excluding diaryl/α,β-unsaturated/α-hetero) is 2. The fraction of sp³-hybridized carbons (Fsp3) is 0.231. The maximum Gasteiger partial charge on any atom is 0.236 e. The lowest BCUT2D eigenvalue weighted by Gasteiger charge is -2.20. The molecule has 3 rings (SSSR count). The topological polar surface area (TPSA) is 112 Å². The van der Waals surface area contributed by atoms with Crippen LogP contribution in [-0.4, -0.2) is 42.8 Å². The summed E-state index contributed by atoms with van der Waals surface area (Å²) in [6, 6.07) is 0. The van der Waals surface area contributed by atoms with Crippen LogP contribution in [-0.2, 0) is 9.47 Å². The summed E-state index contributed by atoms with van der Waals surface area (Å²) in [6.07, 6.45) is 0. The molecule has 1 aliphatic heterocycles. The van der Waals surface area contributed by atoms with Crippen molar-refractivity contribution in [1.82, 2.24) is 0 Å². The van der Waals surface area contributed by atoms with E-state index in [1.165, 1.54) is 14.2 Å². The van der Waals surface area contributed by atoms with Gasteiger partial charge in [-0.05, 0) is 0 Å². The van der Waals surface area contributed by atoms with Gasteiger partial charge in [-0.25, -0.2) is 0 Å². The SMILES string of the molecule is COc1c(O)c2c(c(O)c1OC)C(=O)C1=C(OCO1)C2=O. The molecule has 110 valence electrons. The lowest BCUT2D eigenvalue weighted by Crippen LogP contribution is -2.21. The molecule has 1 aliphatic carbocycles. The number of allylic oxidation sites excluding steroid dienone is 2. The van der Waals surface area contributed by atoms with E-state index in [9.17, 15) is 19.8 Å². The molecule has 2 N–H and O–H groups in total. The highest BCUT2D eigenvalue weighted by Gasteiger charge is 2.44. The van der Waals surface area contributed by atoms with Gasteiger partial charge in [0, 0.05) is 0 Å². The molecule has 8 nitrogen and oxygen atoms in total. The molecule has 0 atom stereocenters. The summed E-state index contributed by atoms with van der Waals surface area (Å²) in [5.74, 6) is -3.86. The third kappa shape index (κ3) is 1.49. The Morgan fingerprint density at radius 3 is 1.57 bits per heavy atom. The number of benzene rings is 1. The van der Waals surface area contributed by atoms with E-state index in [1.807, 2.05) is 0 Å². The van der Waals surface area contributed by atoms with Gasteiger partial charge in [-0.3, -0.25) is 9.59 Å². The lowest BCUT2D eigenvalue weighted by molar-refractivity contribution is 0.0600. The molecule has 8 heteroatoms. The van der Waals surface area contributed by atoms with Crippen molar-refractivity contribution in [3.05, 3.63) is 22.6 Å². The van der Waals surface area contributed by atoms with Gasteiger partial charge >= 0.3 is 0 Å². The van der Waals surface area contributed by atoms with Crippen LogP contribution in [0.3, 0.4) is 0 Å². The van der Waals surface area contributed by atoms with Gasteiger partial charge in [0.1, 0.15) is 0 Å². The Morgan fingerprint density at radius 1 is 0.857 bits per heavy atom. The lowest BCUT2D eigenvalue weighted by atomic mass is 9.90. The molecule has 0 spiro atoms. The fourth-order valence-corrected chi connectivity index (χ4v) is 2.34. The molecule has 0 unspecified atom stereocenters. The molecule has 21 heavy (non-hydrogen) atoms. The molecule has 0 bridgehead atoms. The van der Waals surface area contributed by atoms with Crippen LogP contribution in [0.25, 0.3) is 0 Å². The van der Waals surface area contributed by atoms with Crippen LogP contribution >= 0.6 is 0 Å². The number of ketones is 2. The van der Waals surface area contributed by atoms with Crippen molar-refractivity contribution < 1.29 is 38.7 Å². The minimum absolute atomic E-state index is 0.252. The first-order valence-corrected chi connectivity index (χ1v) is 5.82. The number of carbonyl (C=O) groups excluding carboxylic acids is 2. The van der Waals surface area contributed by atoms with Gasteiger partial charge in [-0.2, -0.15) is 0 Å². The second kappa shape index (κ2) is 4.30. The molecule has 0 aromatic heterocycles. The summed E-state index contributed by atoms with van der Waals surface area (Å²) in [6.45, 7) is -0.286. The number of methoxy groups -OCH3 is 2. The van der Waals surface area contributed by atoms with Crippen LogP contribution < -0.4 is 9.47 Å². The standard InChI is InChI=1S/C13H10O8/c1-18-10-6(14)4-5(7(15)11(10)19-2)9(17)13-12(8(4)16)20-3-21-13/h14-15H,3H2,1-2H3. The second-order valence-electron chi connectivity index (χ2n) is 4.24. The van der Waals surface area contributed by atoms with Crippen molar-refractivity contribution in [3.63, 3.8) is 0 Å². The van der Waals surface area contributed by atoms with Crippen molar-refractivity contribution in [1.29, 1.82) is 0 Å². The van der Waals surface area contributed by atoms with Crippen molar-refractivity contribution >= 4 is 11.6 Å². The van der Waals surface area contributed by atoms with Crippen LogP contribution in [0.2, 0.25) is 0 Å². The maximum atomic E-state index is 12.3. The first kappa shape index (κ1) is 13.1. The van der Waals surface area contributed by atoms with E-state index in [0.29, 0.717) is 0 Å². The quantitative estimate of drug-likeness (QED) is 0.767. The van der Waals surface area contributed by atoms with E-state index in [4.69, 9.17) is 18.9 Å². The molecule has 0 radical (unpaired) electrons. The summed E-state index contributed by atoms with van der Waals surface area (Å²) < 4.78 is 19.7. The third-order valence-electron chi connectivity index (χ3n) is 3.25. The average molecular weight is 294 g/mol. The summed E-state index contributed by atoms with van der Waals surface area (Å²) >= 11 is 0. The molecule has 1 heterocycles. The van der Waals surface area contributed by atoms with Gasteiger partial charge < -0.3 is 29.2 Å². The highest BCUT2D eigenvalue weighted by molar-refractivity contribution is 6.28. The Balaban J connectivity index is 2.37. The van der Waals surface area contributed by atoms with Crippen LogP contribution in [0.5, 0.6) is 23.0 Å². The van der Waals surface area contributed by atoms with Gasteiger partial charge in [0.15, 0.2) is 11.5 Å². The fourth-order valence-electron chi connectivity index (χ4n) is 2.34. The summed E-state index contributed by atoms with van der Waals surface area (Å²) in [4.78, 5) is 24.6. The number of hydrogen-bond donors (Lipinski definition) is 2. The van der Waals surface area contributed by atoms with E-state index < -0.39 is 34.2 Å². The van der Waals surface area contributed by atoms with Crippen LogP contribution in [0, 0.1) is 0 Å². The molecular weight excluding hydrogens is 284 g/mol. The summed E-state index contributed by atoms with van der Waals surface area (Å²) in [5, 5.41) is 20.3. The van der Waals surface area contributed by atoms with Gasteiger partial charge in [-0.1, -0.05) is 0 Å². The minimum Gasteiger partial charge on any atom is -0.504 e. The van der Waals surface area contributed by atoms with Gasteiger partial charge in [-0.15, -0.1) is 0 Å². The maximum absolute atomic E-state index is 12.3. The predicted octanol–water partition coefficient (Wildman–Crippen LogP) is 0.710. The highest BCUT2D eigenvalue weighted by Crippen LogP contribution is 2.51. The first-order chi connectivity index (χ1) is 10.0. The number of aromatic hydroxyl groups is 2. The first-order valence-electron chi connectivity index (χ1n) is 5.82. The molecule has 1 aromatic rings. The third-order valence-corrected chi connectivity index (χ3v) is 3.25. The van der Waals surface area contributed by atoms with Crippen molar-refractivity contribution in [3.8, 4) is 23.0 Å². The normalized spacial score (nSPS) is 16.1. The Morgan fingerprint density at radius 2 is 1.24 bits per heavy atom. The van der Waals surface area contributed by atoms with Crippen molar-refractivity contribution in [2.45, 2.75) is 0 Å². The molecular formula is C13H10O8. The molecule has 0 saturated carbocycles. The number of phenols is 2. The van der Waals surface area contributed by atoms with Gasteiger partial charge in [0.05, 0.1) is 25.3 Å². The zero-order valence-corrected chi connectivity index (χ0v) is 11.1. The van der Waals surface area contributed by atoms with Crippen LogP contribution in [0.4, 0.5) is 0 Å². The van der Waals surface area contributed by atoms with Crippen LogP contribution in [0.1, 0.15) is 20.7 Å². The van der Waals surface area contributed by atoms with E-state index in [1.54, 1.807) is 0 Å². The zero-order chi connectivity index (χ0) is 15.3. The van der Waals surface area contributed by atoms with Crippen molar-refractivity contribution in [2.75, 3.05) is 21.0 Å². The predicted molar refractivity (Wildman–Crippen MR) is 65.6 cm³/mol. The largest absolute Gasteiger partial charge is 0.504 e. The average Bonchev–Trinajstić information content (AvgIpc) is 2.96. The van der Waals surface area contributed by atoms with E-state index >= 15 is 0 Å². The molecule has 0 saturated heterocycles. The molecule has 2 aliphatic rings. The number of ether oxygens (including phenoxy) is 4. The Hall–Kier alpha value is -2.90. The number of rotatable bonds is 2. The zero-order valence-electron chi connectivity index (χ0n) is 11.1. The number of fused-ring (bicyclic) bond motifs is 1. The summed E-state index contributed by atoms with van der Waals surface area (Å²) in [7, 11) is 2.44. The Kier molecular flexibility index (Phi) is 2.68. The number of phenolic OH excluding ortho intramolecular Hbond substituents is 2. The number of carbonyl (C=O) groups is 2. The van der Waals surface area contributed by atoms with Crippen LogP contribution in [0.15, 0.2) is 11.5 Å². The summed E-state index contributed by atoms with van der Waals surface area (Å²) in [5.41, 5.74) is -0.807. The minimum atomic E-state index is -0.772. The highest BCUT2D eigenvalue weighted by atomic mass is 16.7. The second-order valence-corrected chi connectivity index (χ2v) is 4.24. The molecule has 0 amide bonds. The van der Waals surface area contributed by atoms with E-state index in [0.717, 1.165) is 0 Å². The van der Waals surface area contributed by atoms with Crippen molar-refractivity contribution in [2.24, 2.45) is 0 Å². The molecule has 1 aromatic carbocycles.